The number of aromatic nitrogens is 1. The summed E-state index contributed by atoms with van der Waals surface area (Å²) in [5.41, 5.74) is 7.75. The van der Waals surface area contributed by atoms with Crippen LogP contribution in [0.1, 0.15) is 9.75 Å². The summed E-state index contributed by atoms with van der Waals surface area (Å²) >= 11 is 3.53. The highest BCUT2D eigenvalue weighted by Crippen LogP contribution is 2.30. The Kier molecular flexibility index (Phi) is 4.48. The molecule has 0 aliphatic heterocycles. The molecule has 0 aliphatic rings. The first kappa shape index (κ1) is 13.5. The number of carbonyl (C=O) groups is 1. The second-order valence-electron chi connectivity index (χ2n) is 3.69. The zero-order valence-corrected chi connectivity index (χ0v) is 11.6. The van der Waals surface area contributed by atoms with Crippen LogP contribution in [-0.2, 0) is 11.2 Å². The Hall–Kier alpha value is -1.92. The largest absolute Gasteiger partial charge is 0.483 e. The Morgan fingerprint density at radius 1 is 1.37 bits per heavy atom. The molecular formula is C13H12N2O2S2. The van der Waals surface area contributed by atoms with Gasteiger partial charge in [0, 0.05) is 22.4 Å². The smallest absolute Gasteiger partial charge is 0.290 e. The van der Waals surface area contributed by atoms with Crippen molar-refractivity contribution in [2.75, 3.05) is 5.73 Å². The van der Waals surface area contributed by atoms with E-state index in [2.05, 4.69) is 28.6 Å². The van der Waals surface area contributed by atoms with Crippen LogP contribution in [0.5, 0.6) is 0 Å². The Labute approximate surface area is 118 Å². The summed E-state index contributed by atoms with van der Waals surface area (Å²) in [6.07, 6.45) is 2.75. The molecule has 3 heterocycles. The number of nitrogens with zero attached hydrogens (tertiary/aromatic N) is 1. The minimum Gasteiger partial charge on any atom is -0.483 e. The highest BCUT2D eigenvalue weighted by atomic mass is 32.1. The number of thiophene rings is 2. The molecule has 3 rings (SSSR count). The first-order valence-electron chi connectivity index (χ1n) is 5.47. The normalized spacial score (nSPS) is 9.89. The topological polar surface area (TPSA) is 76.2 Å². The van der Waals surface area contributed by atoms with Gasteiger partial charge < -0.3 is 10.8 Å². The van der Waals surface area contributed by atoms with E-state index in [0.717, 1.165) is 22.3 Å². The fourth-order valence-electron chi connectivity index (χ4n) is 1.68. The van der Waals surface area contributed by atoms with Crippen molar-refractivity contribution in [3.8, 4) is 0 Å². The van der Waals surface area contributed by atoms with Crippen molar-refractivity contribution in [3.05, 3.63) is 45.6 Å². The maximum atomic E-state index is 8.36. The lowest BCUT2D eigenvalue weighted by Crippen LogP contribution is -1.83. The van der Waals surface area contributed by atoms with Crippen molar-refractivity contribution in [1.82, 2.24) is 4.98 Å². The van der Waals surface area contributed by atoms with Gasteiger partial charge in [-0.05, 0) is 23.6 Å². The second kappa shape index (κ2) is 6.31. The molecule has 0 saturated carbocycles. The first-order valence-corrected chi connectivity index (χ1v) is 7.17. The molecule has 0 spiro atoms. The Bertz CT molecular complexity index is 662. The number of fused-ring (bicyclic) bond motifs is 1. The van der Waals surface area contributed by atoms with Gasteiger partial charge in [0.2, 0.25) is 0 Å². The SMILES string of the molecule is Nc1ccnc2cc(Cc3cccs3)sc12.O=CO. The zero-order chi connectivity index (χ0) is 13.7. The van der Waals surface area contributed by atoms with E-state index < -0.39 is 0 Å². The summed E-state index contributed by atoms with van der Waals surface area (Å²) in [7, 11) is 0. The van der Waals surface area contributed by atoms with Gasteiger partial charge in [-0.25, -0.2) is 0 Å². The summed E-state index contributed by atoms with van der Waals surface area (Å²) in [5.74, 6) is 0. The maximum absolute atomic E-state index is 8.36. The molecule has 6 heteroatoms. The van der Waals surface area contributed by atoms with Crippen molar-refractivity contribution in [1.29, 1.82) is 0 Å². The fourth-order valence-corrected chi connectivity index (χ4v) is 3.56. The summed E-state index contributed by atoms with van der Waals surface area (Å²) in [6, 6.07) is 8.23. The van der Waals surface area contributed by atoms with E-state index in [9.17, 15) is 0 Å². The molecule has 3 N–H and O–H groups in total. The van der Waals surface area contributed by atoms with E-state index >= 15 is 0 Å². The van der Waals surface area contributed by atoms with Crippen LogP contribution in [0.25, 0.3) is 10.2 Å². The van der Waals surface area contributed by atoms with Crippen molar-refractivity contribution in [2.24, 2.45) is 0 Å². The molecule has 0 aliphatic carbocycles. The molecule has 0 radical (unpaired) electrons. The van der Waals surface area contributed by atoms with Gasteiger partial charge in [0.25, 0.3) is 6.47 Å². The van der Waals surface area contributed by atoms with Gasteiger partial charge in [-0.1, -0.05) is 6.07 Å². The van der Waals surface area contributed by atoms with Crippen LogP contribution in [0.15, 0.2) is 35.8 Å². The van der Waals surface area contributed by atoms with Crippen LogP contribution in [0.4, 0.5) is 5.69 Å². The fraction of sp³-hybridized carbons (Fsp3) is 0.0769. The number of nitrogen functional groups attached to an aromatic ring is 1. The second-order valence-corrected chi connectivity index (χ2v) is 5.86. The maximum Gasteiger partial charge on any atom is 0.290 e. The highest BCUT2D eigenvalue weighted by Gasteiger charge is 2.06. The molecular weight excluding hydrogens is 280 g/mol. The van der Waals surface area contributed by atoms with Crippen LogP contribution in [-0.4, -0.2) is 16.6 Å². The van der Waals surface area contributed by atoms with Crippen LogP contribution < -0.4 is 5.73 Å². The first-order chi connectivity index (χ1) is 9.24. The predicted octanol–water partition coefficient (Wildman–Crippen LogP) is 3.23. The molecule has 98 valence electrons. The van der Waals surface area contributed by atoms with Gasteiger partial charge in [-0.2, -0.15) is 0 Å². The molecule has 0 fully saturated rings. The predicted molar refractivity (Wildman–Crippen MR) is 79.9 cm³/mol. The van der Waals surface area contributed by atoms with E-state index in [-0.39, 0.29) is 6.47 Å². The summed E-state index contributed by atoms with van der Waals surface area (Å²) in [6.45, 7) is -0.250. The van der Waals surface area contributed by atoms with E-state index in [1.54, 1.807) is 28.9 Å². The molecule has 3 aromatic heterocycles. The number of pyridine rings is 1. The Morgan fingerprint density at radius 2 is 2.16 bits per heavy atom. The average Bonchev–Trinajstić information content (AvgIpc) is 3.00. The van der Waals surface area contributed by atoms with E-state index in [1.807, 2.05) is 6.07 Å². The Balaban J connectivity index is 0.000000408. The summed E-state index contributed by atoms with van der Waals surface area (Å²) < 4.78 is 1.11. The lowest BCUT2D eigenvalue weighted by atomic mass is 10.3. The molecule has 0 bridgehead atoms. The van der Waals surface area contributed by atoms with Gasteiger partial charge in [0.1, 0.15) is 0 Å². The van der Waals surface area contributed by atoms with Gasteiger partial charge in [-0.15, -0.1) is 22.7 Å². The number of rotatable bonds is 2. The van der Waals surface area contributed by atoms with Gasteiger partial charge >= 0.3 is 0 Å². The standard InChI is InChI=1S/C12H10N2S2.CH2O2/c13-10-3-4-14-11-7-9(16-12(10)11)6-8-2-1-5-15-8;2-1-3/h1-5,7H,6H2,(H2,13,14);1H,(H,2,3). The minimum absolute atomic E-state index is 0.250. The molecule has 0 unspecified atom stereocenters. The van der Waals surface area contributed by atoms with Crippen LogP contribution in [0, 0.1) is 0 Å². The summed E-state index contributed by atoms with van der Waals surface area (Å²) in [4.78, 5) is 15.4. The molecule has 0 amide bonds. The van der Waals surface area contributed by atoms with Crippen LogP contribution in [0.2, 0.25) is 0 Å². The summed E-state index contributed by atoms with van der Waals surface area (Å²) in [5, 5.41) is 9.00. The van der Waals surface area contributed by atoms with E-state index in [0.29, 0.717) is 0 Å². The van der Waals surface area contributed by atoms with Gasteiger partial charge in [0.05, 0.1) is 15.9 Å². The number of nitrogens with two attached hydrogens (primary N) is 1. The molecule has 4 nitrogen and oxygen atoms in total. The monoisotopic (exact) mass is 292 g/mol. The molecule has 0 atom stereocenters. The highest BCUT2D eigenvalue weighted by molar-refractivity contribution is 7.19. The van der Waals surface area contributed by atoms with Crippen LogP contribution in [0.3, 0.4) is 0 Å². The lowest BCUT2D eigenvalue weighted by molar-refractivity contribution is -0.122. The molecule has 3 aromatic rings. The van der Waals surface area contributed by atoms with E-state index in [4.69, 9.17) is 15.6 Å². The van der Waals surface area contributed by atoms with Crippen molar-refractivity contribution in [2.45, 2.75) is 6.42 Å². The number of hydrogen-bond donors (Lipinski definition) is 2. The molecule has 19 heavy (non-hydrogen) atoms. The quantitative estimate of drug-likeness (QED) is 0.711. The van der Waals surface area contributed by atoms with Gasteiger partial charge in [0.15, 0.2) is 0 Å². The van der Waals surface area contributed by atoms with Crippen LogP contribution >= 0.6 is 22.7 Å². The lowest BCUT2D eigenvalue weighted by Gasteiger charge is -1.92. The number of carboxylic acid groups (broad SMARTS) is 1. The van der Waals surface area contributed by atoms with Crippen molar-refractivity contribution >= 4 is 45.0 Å². The zero-order valence-electron chi connectivity index (χ0n) is 9.95. The average molecular weight is 292 g/mol. The number of anilines is 1. The molecule has 0 aromatic carbocycles. The third-order valence-corrected chi connectivity index (χ3v) is 4.47. The molecule has 0 saturated heterocycles. The Morgan fingerprint density at radius 3 is 2.79 bits per heavy atom. The van der Waals surface area contributed by atoms with Gasteiger partial charge in [-0.3, -0.25) is 9.78 Å². The van der Waals surface area contributed by atoms with E-state index in [1.165, 1.54) is 9.75 Å². The van der Waals surface area contributed by atoms with Crippen molar-refractivity contribution in [3.63, 3.8) is 0 Å². The minimum atomic E-state index is -0.250. The number of hydrogen-bond acceptors (Lipinski definition) is 5. The van der Waals surface area contributed by atoms with Crippen molar-refractivity contribution < 1.29 is 9.90 Å². The third-order valence-electron chi connectivity index (χ3n) is 2.42. The third kappa shape index (κ3) is 3.30.